The van der Waals surface area contributed by atoms with Gasteiger partial charge in [0.05, 0.1) is 23.3 Å². The molecule has 1 amide bonds. The highest BCUT2D eigenvalue weighted by molar-refractivity contribution is 5.81. The summed E-state index contributed by atoms with van der Waals surface area (Å²) in [6.45, 7) is -0.800. The zero-order valence-corrected chi connectivity index (χ0v) is 15.8. The van der Waals surface area contributed by atoms with E-state index in [4.69, 9.17) is 4.74 Å². The number of fused-ring (bicyclic) bond motifs is 1. The van der Waals surface area contributed by atoms with Crippen LogP contribution in [-0.2, 0) is 20.9 Å². The summed E-state index contributed by atoms with van der Waals surface area (Å²) in [6.07, 6.45) is 5.36. The van der Waals surface area contributed by atoms with Crippen molar-refractivity contribution < 1.29 is 14.3 Å². The first kappa shape index (κ1) is 19.5. The lowest BCUT2D eigenvalue weighted by atomic mass is 9.81. The maximum atomic E-state index is 12.4. The standard InChI is InChI=1S/C20H22N4O4/c1-23(20(13-21)9-5-2-6-10-20)17(25)12-28-18(26)11-24-14-22-16-8-4-3-7-15(16)19(24)27/h3-4,7-8,14H,2,5-6,9-12H2,1H3. The molecule has 0 aliphatic heterocycles. The monoisotopic (exact) mass is 382 g/mol. The van der Waals surface area contributed by atoms with Crippen molar-refractivity contribution >= 4 is 22.8 Å². The number of nitriles is 1. The molecule has 28 heavy (non-hydrogen) atoms. The van der Waals surface area contributed by atoms with E-state index in [0.717, 1.165) is 23.8 Å². The molecule has 1 fully saturated rings. The van der Waals surface area contributed by atoms with Gasteiger partial charge in [0.15, 0.2) is 6.61 Å². The van der Waals surface area contributed by atoms with Gasteiger partial charge in [0.2, 0.25) is 0 Å². The number of carbonyl (C=O) groups excluding carboxylic acids is 2. The fourth-order valence-electron chi connectivity index (χ4n) is 3.54. The molecule has 1 aliphatic rings. The van der Waals surface area contributed by atoms with Crippen molar-refractivity contribution in [2.45, 2.75) is 44.2 Å². The van der Waals surface area contributed by atoms with Crippen LogP contribution < -0.4 is 5.56 Å². The second-order valence-electron chi connectivity index (χ2n) is 7.01. The summed E-state index contributed by atoms with van der Waals surface area (Å²) < 4.78 is 6.20. The number of nitrogens with zero attached hydrogens (tertiary/aromatic N) is 4. The number of likely N-dealkylation sites (N-methyl/N-ethyl adjacent to an activating group) is 1. The molecule has 146 valence electrons. The summed E-state index contributed by atoms with van der Waals surface area (Å²) in [5.74, 6) is -1.14. The Labute approximate surface area is 162 Å². The lowest BCUT2D eigenvalue weighted by molar-refractivity contribution is -0.154. The number of aromatic nitrogens is 2. The zero-order valence-electron chi connectivity index (χ0n) is 15.8. The highest BCUT2D eigenvalue weighted by atomic mass is 16.5. The molecule has 1 aromatic heterocycles. The normalized spacial score (nSPS) is 15.6. The second-order valence-corrected chi connectivity index (χ2v) is 7.01. The fourth-order valence-corrected chi connectivity index (χ4v) is 3.54. The maximum Gasteiger partial charge on any atom is 0.326 e. The molecule has 1 aliphatic carbocycles. The van der Waals surface area contributed by atoms with Crippen LogP contribution >= 0.6 is 0 Å². The Bertz CT molecular complexity index is 986. The first-order valence-corrected chi connectivity index (χ1v) is 9.24. The van der Waals surface area contributed by atoms with Crippen LogP contribution in [0.15, 0.2) is 35.4 Å². The largest absolute Gasteiger partial charge is 0.454 e. The number of hydrogen-bond acceptors (Lipinski definition) is 6. The average molecular weight is 382 g/mol. The smallest absolute Gasteiger partial charge is 0.326 e. The van der Waals surface area contributed by atoms with Crippen LogP contribution in [0.5, 0.6) is 0 Å². The molecule has 8 nitrogen and oxygen atoms in total. The van der Waals surface area contributed by atoms with Crippen LogP contribution in [0.1, 0.15) is 32.1 Å². The Balaban J connectivity index is 1.61. The summed E-state index contributed by atoms with van der Waals surface area (Å²) in [5, 5.41) is 9.96. The van der Waals surface area contributed by atoms with Gasteiger partial charge in [0.1, 0.15) is 12.1 Å². The van der Waals surface area contributed by atoms with Crippen molar-refractivity contribution in [2.75, 3.05) is 13.7 Å². The van der Waals surface area contributed by atoms with Crippen molar-refractivity contribution in [3.63, 3.8) is 0 Å². The van der Waals surface area contributed by atoms with Crippen LogP contribution in [0.2, 0.25) is 0 Å². The van der Waals surface area contributed by atoms with Gasteiger partial charge in [-0.1, -0.05) is 31.4 Å². The summed E-state index contributed by atoms with van der Waals surface area (Å²) in [4.78, 5) is 42.5. The molecule has 8 heteroatoms. The van der Waals surface area contributed by atoms with Crippen LogP contribution in [-0.4, -0.2) is 45.5 Å². The Hall–Kier alpha value is -3.21. The molecule has 0 N–H and O–H groups in total. The van der Waals surface area contributed by atoms with E-state index in [-0.39, 0.29) is 12.1 Å². The van der Waals surface area contributed by atoms with Gasteiger partial charge in [-0.3, -0.25) is 19.0 Å². The quantitative estimate of drug-likeness (QED) is 0.728. The highest BCUT2D eigenvalue weighted by Gasteiger charge is 2.38. The van der Waals surface area contributed by atoms with Gasteiger partial charge in [-0.15, -0.1) is 0 Å². The molecular weight excluding hydrogens is 360 g/mol. The van der Waals surface area contributed by atoms with Gasteiger partial charge < -0.3 is 9.64 Å². The van der Waals surface area contributed by atoms with Gasteiger partial charge in [0.25, 0.3) is 11.5 Å². The average Bonchev–Trinajstić information content (AvgIpc) is 2.74. The predicted octanol–water partition coefficient (Wildman–Crippen LogP) is 1.62. The lowest BCUT2D eigenvalue weighted by Gasteiger charge is -2.38. The van der Waals surface area contributed by atoms with Crippen LogP contribution in [0.25, 0.3) is 10.9 Å². The van der Waals surface area contributed by atoms with E-state index in [1.165, 1.54) is 11.2 Å². The van der Waals surface area contributed by atoms with Crippen LogP contribution in [0.4, 0.5) is 0 Å². The second kappa shape index (κ2) is 8.21. The first-order chi connectivity index (χ1) is 13.5. The van der Waals surface area contributed by atoms with E-state index in [9.17, 15) is 19.6 Å². The Morgan fingerprint density at radius 2 is 2.00 bits per heavy atom. The number of carbonyl (C=O) groups is 2. The molecule has 0 atom stereocenters. The van der Waals surface area contributed by atoms with Gasteiger partial charge in [-0.05, 0) is 25.0 Å². The molecule has 2 aromatic rings. The van der Waals surface area contributed by atoms with E-state index in [0.29, 0.717) is 23.7 Å². The molecule has 0 saturated heterocycles. The summed E-state index contributed by atoms with van der Waals surface area (Å²) in [7, 11) is 1.57. The summed E-state index contributed by atoms with van der Waals surface area (Å²) in [5.41, 5.74) is -0.638. The molecule has 0 bridgehead atoms. The molecule has 0 spiro atoms. The number of ether oxygens (including phenoxy) is 1. The van der Waals surface area contributed by atoms with Crippen molar-refractivity contribution in [1.29, 1.82) is 5.26 Å². The van der Waals surface area contributed by atoms with E-state index in [2.05, 4.69) is 11.1 Å². The number of benzene rings is 1. The lowest BCUT2D eigenvalue weighted by Crippen LogP contribution is -2.51. The number of esters is 1. The molecule has 3 rings (SSSR count). The van der Waals surface area contributed by atoms with Crippen molar-refractivity contribution in [3.05, 3.63) is 40.9 Å². The molecule has 1 aromatic carbocycles. The van der Waals surface area contributed by atoms with E-state index < -0.39 is 24.0 Å². The zero-order chi connectivity index (χ0) is 20.1. The SMILES string of the molecule is CN(C(=O)COC(=O)Cn1cnc2ccccc2c1=O)C1(C#N)CCCCC1. The number of para-hydroxylation sites is 1. The Morgan fingerprint density at radius 3 is 2.71 bits per heavy atom. The Kier molecular flexibility index (Phi) is 5.73. The summed E-state index contributed by atoms with van der Waals surface area (Å²) >= 11 is 0. The van der Waals surface area contributed by atoms with Gasteiger partial charge in [-0.25, -0.2) is 4.98 Å². The van der Waals surface area contributed by atoms with Crippen LogP contribution in [0, 0.1) is 11.3 Å². The van der Waals surface area contributed by atoms with Crippen LogP contribution in [0.3, 0.4) is 0 Å². The third-order valence-electron chi connectivity index (χ3n) is 5.29. The number of amides is 1. The van der Waals surface area contributed by atoms with Gasteiger partial charge >= 0.3 is 5.97 Å². The minimum atomic E-state index is -0.832. The predicted molar refractivity (Wildman–Crippen MR) is 101 cm³/mol. The first-order valence-electron chi connectivity index (χ1n) is 9.24. The van der Waals surface area contributed by atoms with E-state index >= 15 is 0 Å². The number of hydrogen-bond donors (Lipinski definition) is 0. The van der Waals surface area contributed by atoms with Gasteiger partial charge in [0, 0.05) is 7.05 Å². The summed E-state index contributed by atoms with van der Waals surface area (Å²) in [6, 6.07) is 9.10. The molecule has 1 saturated carbocycles. The minimum absolute atomic E-state index is 0.336. The van der Waals surface area contributed by atoms with Crippen molar-refractivity contribution in [3.8, 4) is 6.07 Å². The molecular formula is C20H22N4O4. The Morgan fingerprint density at radius 1 is 1.29 bits per heavy atom. The number of rotatable bonds is 5. The third-order valence-corrected chi connectivity index (χ3v) is 5.29. The van der Waals surface area contributed by atoms with Crippen molar-refractivity contribution in [1.82, 2.24) is 14.5 Å². The topological polar surface area (TPSA) is 105 Å². The fraction of sp³-hybridized carbons (Fsp3) is 0.450. The van der Waals surface area contributed by atoms with E-state index in [1.54, 1.807) is 31.3 Å². The molecule has 0 radical (unpaired) electrons. The van der Waals surface area contributed by atoms with Gasteiger partial charge in [-0.2, -0.15) is 5.26 Å². The molecule has 1 heterocycles. The van der Waals surface area contributed by atoms with E-state index in [1.807, 2.05) is 0 Å². The third kappa shape index (κ3) is 3.88. The van der Waals surface area contributed by atoms with Crippen molar-refractivity contribution in [2.24, 2.45) is 0 Å². The molecule has 0 unspecified atom stereocenters. The minimum Gasteiger partial charge on any atom is -0.454 e. The maximum absolute atomic E-state index is 12.4. The highest BCUT2D eigenvalue weighted by Crippen LogP contribution is 2.32.